The number of amides is 1. The quantitative estimate of drug-likeness (QED) is 0.715. The molecule has 1 aliphatic carbocycles. The molecule has 4 rings (SSSR count). The van der Waals surface area contributed by atoms with Crippen molar-refractivity contribution in [3.8, 4) is 0 Å². The van der Waals surface area contributed by atoms with Gasteiger partial charge in [-0.1, -0.05) is 42.0 Å². The van der Waals surface area contributed by atoms with Crippen LogP contribution in [-0.4, -0.2) is 36.4 Å². The predicted octanol–water partition coefficient (Wildman–Crippen LogP) is 3.85. The van der Waals surface area contributed by atoms with Crippen molar-refractivity contribution in [3.63, 3.8) is 0 Å². The highest BCUT2D eigenvalue weighted by Crippen LogP contribution is 2.29. The number of carbonyl (C=O) groups is 1. The Morgan fingerprint density at radius 3 is 2.74 bits per heavy atom. The zero-order chi connectivity index (χ0) is 21.8. The second-order valence-electron chi connectivity index (χ2n) is 8.25. The van der Waals surface area contributed by atoms with E-state index in [0.717, 1.165) is 17.7 Å². The van der Waals surface area contributed by atoms with Crippen molar-refractivity contribution in [2.75, 3.05) is 19.6 Å². The molecule has 31 heavy (non-hydrogen) atoms. The standard InChI is InChI=1S/C25H29FN4O/c1-3-30(16-19-8-6-7-17(2)13-19)24(31)21-15-28-25(27-14-18-11-12-18)29-23(21)20-9-4-5-10-22(20)26/h4-10,13,18H,3,11-12,14-16H2,1-2H3,(H2,27,28,29). The van der Waals surface area contributed by atoms with E-state index in [1.54, 1.807) is 23.1 Å². The molecule has 0 saturated heterocycles. The molecule has 0 atom stereocenters. The Morgan fingerprint density at radius 1 is 1.23 bits per heavy atom. The van der Waals surface area contributed by atoms with E-state index < -0.39 is 0 Å². The molecule has 2 N–H and O–H groups in total. The first-order chi connectivity index (χ1) is 15.0. The lowest BCUT2D eigenvalue weighted by atomic mass is 10.0. The monoisotopic (exact) mass is 420 g/mol. The number of aryl methyl sites for hydroxylation is 1. The molecule has 2 aromatic carbocycles. The van der Waals surface area contributed by atoms with Crippen molar-refractivity contribution in [2.24, 2.45) is 10.9 Å². The zero-order valence-electron chi connectivity index (χ0n) is 18.1. The zero-order valence-corrected chi connectivity index (χ0v) is 18.1. The van der Waals surface area contributed by atoms with Crippen molar-refractivity contribution >= 4 is 17.6 Å². The Bertz CT molecular complexity index is 1030. The average molecular weight is 421 g/mol. The van der Waals surface area contributed by atoms with E-state index in [2.05, 4.69) is 21.7 Å². The highest BCUT2D eigenvalue weighted by Gasteiger charge is 2.28. The summed E-state index contributed by atoms with van der Waals surface area (Å²) < 4.78 is 14.7. The smallest absolute Gasteiger partial charge is 0.254 e. The Hall–Kier alpha value is -3.15. The summed E-state index contributed by atoms with van der Waals surface area (Å²) in [6.45, 7) is 6.20. The first-order valence-corrected chi connectivity index (χ1v) is 10.9. The number of nitrogens with zero attached hydrogens (tertiary/aromatic N) is 2. The third kappa shape index (κ3) is 5.13. The number of nitrogens with one attached hydrogen (secondary N) is 2. The molecule has 1 aliphatic heterocycles. The largest absolute Gasteiger partial charge is 0.356 e. The van der Waals surface area contributed by atoms with Crippen LogP contribution in [0, 0.1) is 18.7 Å². The molecule has 0 bridgehead atoms. The second-order valence-corrected chi connectivity index (χ2v) is 8.25. The highest BCUT2D eigenvalue weighted by atomic mass is 19.1. The van der Waals surface area contributed by atoms with Gasteiger partial charge in [0, 0.05) is 25.2 Å². The van der Waals surface area contributed by atoms with Crippen LogP contribution >= 0.6 is 0 Å². The third-order valence-corrected chi connectivity index (χ3v) is 5.71. The van der Waals surface area contributed by atoms with Gasteiger partial charge in [-0.2, -0.15) is 0 Å². The van der Waals surface area contributed by atoms with Crippen molar-refractivity contribution < 1.29 is 9.18 Å². The van der Waals surface area contributed by atoms with Crippen LogP contribution in [0.2, 0.25) is 0 Å². The summed E-state index contributed by atoms with van der Waals surface area (Å²) in [6.07, 6.45) is 2.45. The van der Waals surface area contributed by atoms with E-state index in [0.29, 0.717) is 48.3 Å². The number of hydrogen-bond donors (Lipinski definition) is 2. The van der Waals surface area contributed by atoms with Gasteiger partial charge in [-0.15, -0.1) is 0 Å². The topological polar surface area (TPSA) is 56.7 Å². The van der Waals surface area contributed by atoms with Gasteiger partial charge in [0.05, 0.1) is 17.8 Å². The van der Waals surface area contributed by atoms with Crippen LogP contribution in [0.1, 0.15) is 36.5 Å². The number of guanidine groups is 1. The van der Waals surface area contributed by atoms with Gasteiger partial charge >= 0.3 is 0 Å². The van der Waals surface area contributed by atoms with Crippen molar-refractivity contribution in [1.82, 2.24) is 15.5 Å². The molecule has 1 amide bonds. The number of rotatable bonds is 7. The van der Waals surface area contributed by atoms with Crippen LogP contribution in [0.5, 0.6) is 0 Å². The fourth-order valence-corrected chi connectivity index (χ4v) is 3.74. The lowest BCUT2D eigenvalue weighted by molar-refractivity contribution is -0.127. The minimum Gasteiger partial charge on any atom is -0.356 e. The number of benzene rings is 2. The number of carbonyl (C=O) groups excluding carboxylic acids is 1. The maximum Gasteiger partial charge on any atom is 0.254 e. The summed E-state index contributed by atoms with van der Waals surface area (Å²) in [7, 11) is 0. The summed E-state index contributed by atoms with van der Waals surface area (Å²) in [6, 6.07) is 14.6. The van der Waals surface area contributed by atoms with Crippen LogP contribution in [0.4, 0.5) is 4.39 Å². The predicted molar refractivity (Wildman–Crippen MR) is 122 cm³/mol. The van der Waals surface area contributed by atoms with Gasteiger partial charge in [0.25, 0.3) is 5.91 Å². The Labute approximate surface area is 183 Å². The molecule has 2 aliphatic rings. The van der Waals surface area contributed by atoms with Crippen LogP contribution in [0.25, 0.3) is 5.70 Å². The molecule has 6 heteroatoms. The minimum atomic E-state index is -0.378. The van der Waals surface area contributed by atoms with E-state index in [9.17, 15) is 9.18 Å². The van der Waals surface area contributed by atoms with E-state index in [4.69, 9.17) is 0 Å². The maximum atomic E-state index is 14.7. The molecule has 5 nitrogen and oxygen atoms in total. The molecule has 1 fully saturated rings. The van der Waals surface area contributed by atoms with Gasteiger partial charge in [0.1, 0.15) is 5.82 Å². The fourth-order valence-electron chi connectivity index (χ4n) is 3.74. The maximum absolute atomic E-state index is 14.7. The van der Waals surface area contributed by atoms with E-state index in [1.165, 1.54) is 18.9 Å². The van der Waals surface area contributed by atoms with Gasteiger partial charge in [-0.3, -0.25) is 4.79 Å². The van der Waals surface area contributed by atoms with Gasteiger partial charge in [-0.25, -0.2) is 9.38 Å². The number of aliphatic imine (C=N–C) groups is 1. The number of hydrogen-bond acceptors (Lipinski definition) is 4. The lowest BCUT2D eigenvalue weighted by Crippen LogP contribution is -2.44. The molecule has 0 spiro atoms. The fraction of sp³-hybridized carbons (Fsp3) is 0.360. The summed E-state index contributed by atoms with van der Waals surface area (Å²) in [5.41, 5.74) is 3.47. The molecule has 0 aromatic heterocycles. The molecule has 0 unspecified atom stereocenters. The molecule has 1 heterocycles. The molecular formula is C25H29FN4O. The minimum absolute atomic E-state index is 0.125. The average Bonchev–Trinajstić information content (AvgIpc) is 3.60. The Kier molecular flexibility index (Phi) is 6.35. The van der Waals surface area contributed by atoms with E-state index in [1.807, 2.05) is 32.0 Å². The number of likely N-dealkylation sites (N-methyl/N-ethyl adjacent to an activating group) is 1. The van der Waals surface area contributed by atoms with Crippen LogP contribution in [-0.2, 0) is 11.3 Å². The van der Waals surface area contributed by atoms with Crippen molar-refractivity contribution in [1.29, 1.82) is 0 Å². The molecular weight excluding hydrogens is 391 g/mol. The van der Waals surface area contributed by atoms with E-state index in [-0.39, 0.29) is 11.7 Å². The van der Waals surface area contributed by atoms with Crippen LogP contribution < -0.4 is 10.6 Å². The Balaban J connectivity index is 1.66. The lowest BCUT2D eigenvalue weighted by Gasteiger charge is -2.27. The first-order valence-electron chi connectivity index (χ1n) is 10.9. The van der Waals surface area contributed by atoms with Gasteiger partial charge in [-0.05, 0) is 50.3 Å². The van der Waals surface area contributed by atoms with Crippen molar-refractivity contribution in [2.45, 2.75) is 33.2 Å². The van der Waals surface area contributed by atoms with Gasteiger partial charge < -0.3 is 15.5 Å². The normalized spacial score (nSPS) is 15.9. The first kappa shape index (κ1) is 21.1. The van der Waals surface area contributed by atoms with E-state index >= 15 is 0 Å². The van der Waals surface area contributed by atoms with Crippen molar-refractivity contribution in [3.05, 3.63) is 76.6 Å². The molecule has 0 radical (unpaired) electrons. The van der Waals surface area contributed by atoms with Gasteiger partial charge in [0.2, 0.25) is 0 Å². The Morgan fingerprint density at radius 2 is 2.03 bits per heavy atom. The summed E-state index contributed by atoms with van der Waals surface area (Å²) >= 11 is 0. The third-order valence-electron chi connectivity index (χ3n) is 5.71. The van der Waals surface area contributed by atoms with Crippen LogP contribution in [0.15, 0.2) is 59.1 Å². The SMILES string of the molecule is CCN(Cc1cccc(C)c1)C(=O)C1=C(c2ccccc2F)N=C(NCC2CC2)NC1. The molecule has 162 valence electrons. The molecule has 2 aromatic rings. The summed E-state index contributed by atoms with van der Waals surface area (Å²) in [5.74, 6) is 0.776. The summed E-state index contributed by atoms with van der Waals surface area (Å²) in [5, 5.41) is 6.52. The summed E-state index contributed by atoms with van der Waals surface area (Å²) in [4.78, 5) is 19.9. The second kappa shape index (κ2) is 9.33. The van der Waals surface area contributed by atoms with Crippen LogP contribution in [0.3, 0.4) is 0 Å². The molecule has 1 saturated carbocycles. The number of halogens is 1. The highest BCUT2D eigenvalue weighted by molar-refractivity contribution is 6.05. The van der Waals surface area contributed by atoms with Gasteiger partial charge in [0.15, 0.2) is 5.96 Å².